The van der Waals surface area contributed by atoms with Gasteiger partial charge in [-0.2, -0.15) is 0 Å². The van der Waals surface area contributed by atoms with E-state index < -0.39 is 0 Å². The van der Waals surface area contributed by atoms with E-state index in [0.29, 0.717) is 11.1 Å². The average Bonchev–Trinajstić information content (AvgIpc) is 2.91. The van der Waals surface area contributed by atoms with Crippen LogP contribution >= 0.6 is 0 Å². The van der Waals surface area contributed by atoms with E-state index >= 15 is 0 Å². The van der Waals surface area contributed by atoms with E-state index in [-0.39, 0.29) is 5.78 Å². The van der Waals surface area contributed by atoms with Crippen LogP contribution in [0.1, 0.15) is 15.9 Å². The van der Waals surface area contributed by atoms with Gasteiger partial charge in [0.15, 0.2) is 5.78 Å². The zero-order chi connectivity index (χ0) is 11.7. The summed E-state index contributed by atoms with van der Waals surface area (Å²) in [5.74, 6) is -0.0441. The fraction of sp³-hybridized carbons (Fsp3) is 0. The van der Waals surface area contributed by atoms with Crippen molar-refractivity contribution in [2.75, 3.05) is 0 Å². The van der Waals surface area contributed by atoms with E-state index in [9.17, 15) is 4.79 Å². The highest BCUT2D eigenvalue weighted by Crippen LogP contribution is 2.20. The van der Waals surface area contributed by atoms with Crippen LogP contribution in [0.3, 0.4) is 0 Å². The lowest BCUT2D eigenvalue weighted by Gasteiger charge is -2.03. The number of nitrogens with zero attached hydrogens (tertiary/aromatic N) is 1. The van der Waals surface area contributed by atoms with Crippen LogP contribution in [0.4, 0.5) is 0 Å². The highest BCUT2D eigenvalue weighted by molar-refractivity contribution is 6.16. The first-order valence-electron chi connectivity index (χ1n) is 5.26. The van der Waals surface area contributed by atoms with E-state index in [0.717, 1.165) is 10.8 Å². The zero-order valence-electron chi connectivity index (χ0n) is 8.96. The number of carbonyl (C=O) groups is 1. The topological polar surface area (TPSA) is 43.1 Å². The lowest BCUT2D eigenvalue weighted by molar-refractivity contribution is 0.103. The van der Waals surface area contributed by atoms with Crippen molar-refractivity contribution in [3.63, 3.8) is 0 Å². The van der Waals surface area contributed by atoms with Crippen LogP contribution in [-0.4, -0.2) is 10.8 Å². The van der Waals surface area contributed by atoms with Gasteiger partial charge >= 0.3 is 0 Å². The molecule has 0 spiro atoms. The molecule has 0 N–H and O–H groups in total. The van der Waals surface area contributed by atoms with Crippen molar-refractivity contribution >= 4 is 16.6 Å². The van der Waals surface area contributed by atoms with E-state index in [1.807, 2.05) is 18.2 Å². The predicted molar refractivity (Wildman–Crippen MR) is 63.9 cm³/mol. The number of rotatable bonds is 2. The van der Waals surface area contributed by atoms with Crippen molar-refractivity contribution in [1.82, 2.24) is 4.98 Å². The molecule has 2 aromatic heterocycles. The Kier molecular flexibility index (Phi) is 2.22. The molecule has 3 aromatic rings. The normalized spacial score (nSPS) is 10.6. The van der Waals surface area contributed by atoms with Gasteiger partial charge in [0, 0.05) is 23.3 Å². The smallest absolute Gasteiger partial charge is 0.196 e. The summed E-state index contributed by atoms with van der Waals surface area (Å²) in [7, 11) is 0. The first-order valence-corrected chi connectivity index (χ1v) is 5.26. The Balaban J connectivity index is 2.21. The third kappa shape index (κ3) is 1.61. The highest BCUT2D eigenvalue weighted by Gasteiger charge is 2.13. The minimum atomic E-state index is -0.0441. The van der Waals surface area contributed by atoms with Crippen LogP contribution in [-0.2, 0) is 0 Å². The molecule has 0 saturated carbocycles. The molecule has 1 aromatic carbocycles. The van der Waals surface area contributed by atoms with Crippen LogP contribution in [0.2, 0.25) is 0 Å². The van der Waals surface area contributed by atoms with Crippen LogP contribution in [0.15, 0.2) is 59.7 Å². The number of hydrogen-bond donors (Lipinski definition) is 0. The molecule has 0 bridgehead atoms. The third-order valence-corrected chi connectivity index (χ3v) is 2.71. The summed E-state index contributed by atoms with van der Waals surface area (Å²) >= 11 is 0. The van der Waals surface area contributed by atoms with Gasteiger partial charge in [-0.3, -0.25) is 9.78 Å². The standard InChI is InChI=1S/C14H9NO2/c16-14(11-5-7-17-9-11)12-3-1-2-10-4-6-15-8-13(10)12/h1-9H. The molecule has 3 heteroatoms. The number of ketones is 1. The molecule has 3 rings (SSSR count). The Morgan fingerprint density at radius 2 is 2.12 bits per heavy atom. The highest BCUT2D eigenvalue weighted by atomic mass is 16.3. The van der Waals surface area contributed by atoms with Crippen molar-refractivity contribution < 1.29 is 9.21 Å². The van der Waals surface area contributed by atoms with Crippen molar-refractivity contribution in [2.45, 2.75) is 0 Å². The van der Waals surface area contributed by atoms with Crippen molar-refractivity contribution in [3.05, 3.63) is 66.4 Å². The molecule has 0 atom stereocenters. The zero-order valence-corrected chi connectivity index (χ0v) is 8.96. The van der Waals surface area contributed by atoms with Gasteiger partial charge in [-0.25, -0.2) is 0 Å². The maximum Gasteiger partial charge on any atom is 0.196 e. The molecule has 17 heavy (non-hydrogen) atoms. The Labute approximate surface area is 97.7 Å². The van der Waals surface area contributed by atoms with Gasteiger partial charge in [-0.1, -0.05) is 18.2 Å². The summed E-state index contributed by atoms with van der Waals surface area (Å²) in [5.41, 5.74) is 1.21. The van der Waals surface area contributed by atoms with Gasteiger partial charge < -0.3 is 4.42 Å². The van der Waals surface area contributed by atoms with Gasteiger partial charge in [0.25, 0.3) is 0 Å². The summed E-state index contributed by atoms with van der Waals surface area (Å²) in [5, 5.41) is 1.87. The quantitative estimate of drug-likeness (QED) is 0.627. The molecule has 0 saturated heterocycles. The number of aromatic nitrogens is 1. The molecule has 0 fully saturated rings. The van der Waals surface area contributed by atoms with Crippen molar-refractivity contribution in [3.8, 4) is 0 Å². The minimum absolute atomic E-state index is 0.0441. The Morgan fingerprint density at radius 3 is 2.94 bits per heavy atom. The second-order valence-corrected chi connectivity index (χ2v) is 3.74. The molecule has 0 aliphatic carbocycles. The summed E-state index contributed by atoms with van der Waals surface area (Å²) in [4.78, 5) is 16.3. The summed E-state index contributed by atoms with van der Waals surface area (Å²) < 4.78 is 4.93. The number of furan rings is 1. The van der Waals surface area contributed by atoms with Crippen LogP contribution in [0.5, 0.6) is 0 Å². The lowest BCUT2D eigenvalue weighted by atomic mass is 10.0. The Bertz CT molecular complexity index is 666. The molecule has 3 nitrogen and oxygen atoms in total. The number of hydrogen-bond acceptors (Lipinski definition) is 3. The summed E-state index contributed by atoms with van der Waals surface area (Å²) in [6.07, 6.45) is 6.38. The van der Waals surface area contributed by atoms with E-state index in [4.69, 9.17) is 4.42 Å². The molecule has 2 heterocycles. The number of carbonyl (C=O) groups excluding carboxylic acids is 1. The van der Waals surface area contributed by atoms with Crippen LogP contribution in [0, 0.1) is 0 Å². The number of fused-ring (bicyclic) bond motifs is 1. The Morgan fingerprint density at radius 1 is 1.18 bits per heavy atom. The molecule has 0 unspecified atom stereocenters. The average molecular weight is 223 g/mol. The maximum absolute atomic E-state index is 12.2. The van der Waals surface area contributed by atoms with Crippen molar-refractivity contribution in [1.29, 1.82) is 0 Å². The van der Waals surface area contributed by atoms with Gasteiger partial charge in [0.2, 0.25) is 0 Å². The Hall–Kier alpha value is -2.42. The van der Waals surface area contributed by atoms with Crippen LogP contribution in [0.25, 0.3) is 10.8 Å². The molecule has 82 valence electrons. The SMILES string of the molecule is O=C(c1ccoc1)c1cccc2ccncc12. The fourth-order valence-electron chi connectivity index (χ4n) is 1.86. The number of pyridine rings is 1. The molecule has 0 radical (unpaired) electrons. The summed E-state index contributed by atoms with van der Waals surface area (Å²) in [6.45, 7) is 0. The molecule has 0 amide bonds. The van der Waals surface area contributed by atoms with Crippen molar-refractivity contribution in [2.24, 2.45) is 0 Å². The number of benzene rings is 1. The van der Waals surface area contributed by atoms with Gasteiger partial charge in [0.05, 0.1) is 11.8 Å². The van der Waals surface area contributed by atoms with Gasteiger partial charge in [0.1, 0.15) is 6.26 Å². The maximum atomic E-state index is 12.2. The fourth-order valence-corrected chi connectivity index (χ4v) is 1.86. The van der Waals surface area contributed by atoms with Gasteiger partial charge in [-0.05, 0) is 17.5 Å². The molecular weight excluding hydrogens is 214 g/mol. The van der Waals surface area contributed by atoms with E-state index in [1.54, 1.807) is 24.5 Å². The van der Waals surface area contributed by atoms with Crippen LogP contribution < -0.4 is 0 Å². The van der Waals surface area contributed by atoms with E-state index in [2.05, 4.69) is 4.98 Å². The third-order valence-electron chi connectivity index (χ3n) is 2.71. The lowest BCUT2D eigenvalue weighted by Crippen LogP contribution is -2.00. The van der Waals surface area contributed by atoms with Gasteiger partial charge in [-0.15, -0.1) is 0 Å². The summed E-state index contributed by atoms with van der Waals surface area (Å²) in [6, 6.07) is 9.19. The first kappa shape index (κ1) is 9.78. The molecular formula is C14H9NO2. The second-order valence-electron chi connectivity index (χ2n) is 3.74. The first-order chi connectivity index (χ1) is 8.36. The van der Waals surface area contributed by atoms with E-state index in [1.165, 1.54) is 12.5 Å². The second kappa shape index (κ2) is 3.87. The molecule has 0 aliphatic heterocycles. The monoisotopic (exact) mass is 223 g/mol. The largest absolute Gasteiger partial charge is 0.472 e. The minimum Gasteiger partial charge on any atom is -0.472 e. The molecule has 0 aliphatic rings. The predicted octanol–water partition coefficient (Wildman–Crippen LogP) is 3.06.